The van der Waals surface area contributed by atoms with Gasteiger partial charge in [-0.05, 0) is 6.07 Å². The molecule has 2 N–H and O–H groups in total. The van der Waals surface area contributed by atoms with E-state index in [-0.39, 0.29) is 5.91 Å². The van der Waals surface area contributed by atoms with E-state index in [0.717, 1.165) is 23.2 Å². The van der Waals surface area contributed by atoms with Crippen molar-refractivity contribution in [2.45, 2.75) is 0 Å². The van der Waals surface area contributed by atoms with Crippen molar-refractivity contribution in [2.75, 3.05) is 12.3 Å². The van der Waals surface area contributed by atoms with Gasteiger partial charge in [0.25, 0.3) is 5.91 Å². The molecule has 1 aliphatic rings. The lowest BCUT2D eigenvalue weighted by Crippen LogP contribution is -2.27. The number of rotatable bonds is 1. The number of nitrogens with one attached hydrogen (secondary N) is 2. The monoisotopic (exact) mass is 246 g/mol. The van der Waals surface area contributed by atoms with Gasteiger partial charge in [0.2, 0.25) is 0 Å². The Balaban J connectivity index is 1.90. The number of aliphatic imine (C=N–C) groups is 1. The Morgan fingerprint density at radius 2 is 2.29 bits per heavy atom. The van der Waals surface area contributed by atoms with Crippen LogP contribution in [0.4, 0.5) is 0 Å². The molecule has 0 unspecified atom stereocenters. The van der Waals surface area contributed by atoms with E-state index in [9.17, 15) is 4.79 Å². The fraction of sp³-hybridized carbons (Fsp3) is 0.182. The lowest BCUT2D eigenvalue weighted by molar-refractivity contribution is 0.0974. The average molecular weight is 246 g/mol. The van der Waals surface area contributed by atoms with Crippen LogP contribution in [0.25, 0.3) is 10.9 Å². The van der Waals surface area contributed by atoms with Crippen LogP contribution in [0, 0.1) is 0 Å². The van der Waals surface area contributed by atoms with Crippen molar-refractivity contribution in [1.82, 2.24) is 15.5 Å². The minimum Gasteiger partial charge on any atom is -0.300 e. The second kappa shape index (κ2) is 4.21. The number of carbonyl (C=O) groups excluding carboxylic acids is 1. The van der Waals surface area contributed by atoms with Gasteiger partial charge in [-0.25, -0.2) is 0 Å². The largest absolute Gasteiger partial charge is 0.300 e. The number of thioether (sulfide) groups is 1. The summed E-state index contributed by atoms with van der Waals surface area (Å²) in [5.74, 6) is 0.715. The molecule has 6 heteroatoms. The molecule has 17 heavy (non-hydrogen) atoms. The molecule has 0 fully saturated rings. The Labute approximate surface area is 102 Å². The minimum absolute atomic E-state index is 0.212. The molecule has 1 amide bonds. The van der Waals surface area contributed by atoms with E-state index in [0.29, 0.717) is 10.9 Å². The van der Waals surface area contributed by atoms with Crippen molar-refractivity contribution < 1.29 is 4.79 Å². The molecular weight excluding hydrogens is 236 g/mol. The Morgan fingerprint density at radius 3 is 3.12 bits per heavy atom. The average Bonchev–Trinajstić information content (AvgIpc) is 2.96. The number of benzene rings is 1. The third-order valence-corrected chi connectivity index (χ3v) is 3.38. The highest BCUT2D eigenvalue weighted by Crippen LogP contribution is 2.16. The summed E-state index contributed by atoms with van der Waals surface area (Å²) in [4.78, 5) is 16.2. The van der Waals surface area contributed by atoms with E-state index in [2.05, 4.69) is 20.5 Å². The van der Waals surface area contributed by atoms with Crippen molar-refractivity contribution in [1.29, 1.82) is 0 Å². The predicted molar refractivity (Wildman–Crippen MR) is 68.3 cm³/mol. The lowest BCUT2D eigenvalue weighted by Gasteiger charge is -2.00. The van der Waals surface area contributed by atoms with Gasteiger partial charge < -0.3 is 0 Å². The lowest BCUT2D eigenvalue weighted by atomic mass is 10.2. The molecule has 5 nitrogen and oxygen atoms in total. The normalized spacial score (nSPS) is 14.9. The number of amidine groups is 1. The van der Waals surface area contributed by atoms with Crippen molar-refractivity contribution in [2.24, 2.45) is 4.99 Å². The second-order valence-electron chi connectivity index (χ2n) is 3.61. The zero-order chi connectivity index (χ0) is 11.7. The number of hydrogen-bond donors (Lipinski definition) is 2. The van der Waals surface area contributed by atoms with Crippen molar-refractivity contribution in [3.8, 4) is 0 Å². The summed E-state index contributed by atoms with van der Waals surface area (Å²) in [6.07, 6.45) is 0. The standard InChI is InChI=1S/C11H10N4OS/c16-10(13-11-12-5-6-17-11)9-7-3-1-2-4-8(7)14-15-9/h1-4H,5-6H2,(H,14,15)(H,12,13,16). The highest BCUT2D eigenvalue weighted by molar-refractivity contribution is 8.14. The number of carbonyl (C=O) groups is 1. The van der Waals surface area contributed by atoms with Gasteiger partial charge in [-0.3, -0.25) is 20.2 Å². The first-order chi connectivity index (χ1) is 8.34. The van der Waals surface area contributed by atoms with Gasteiger partial charge >= 0.3 is 0 Å². The summed E-state index contributed by atoms with van der Waals surface area (Å²) in [5.41, 5.74) is 1.27. The fourth-order valence-electron chi connectivity index (χ4n) is 1.70. The number of nitrogens with zero attached hydrogens (tertiary/aromatic N) is 2. The first-order valence-corrected chi connectivity index (χ1v) is 6.25. The molecule has 1 aromatic carbocycles. The maximum absolute atomic E-state index is 12.0. The van der Waals surface area contributed by atoms with Crippen LogP contribution in [0.2, 0.25) is 0 Å². The molecule has 0 bridgehead atoms. The van der Waals surface area contributed by atoms with Crippen LogP contribution in [0.5, 0.6) is 0 Å². The predicted octanol–water partition coefficient (Wildman–Crippen LogP) is 1.40. The van der Waals surface area contributed by atoms with Gasteiger partial charge in [0, 0.05) is 11.1 Å². The molecule has 0 radical (unpaired) electrons. The van der Waals surface area contributed by atoms with Gasteiger partial charge in [-0.1, -0.05) is 30.0 Å². The first-order valence-electron chi connectivity index (χ1n) is 5.26. The summed E-state index contributed by atoms with van der Waals surface area (Å²) in [7, 11) is 0. The maximum atomic E-state index is 12.0. The zero-order valence-corrected chi connectivity index (χ0v) is 9.75. The van der Waals surface area contributed by atoms with E-state index < -0.39 is 0 Å². The van der Waals surface area contributed by atoms with Crippen molar-refractivity contribution in [3.63, 3.8) is 0 Å². The summed E-state index contributed by atoms with van der Waals surface area (Å²) in [6, 6.07) is 7.55. The molecular formula is C11H10N4OS. The number of hydrogen-bond acceptors (Lipinski definition) is 4. The molecule has 2 aromatic rings. The molecule has 0 saturated heterocycles. The third-order valence-electron chi connectivity index (χ3n) is 2.49. The van der Waals surface area contributed by atoms with Crippen LogP contribution < -0.4 is 5.32 Å². The summed E-state index contributed by atoms with van der Waals surface area (Å²) < 4.78 is 0. The van der Waals surface area contributed by atoms with Gasteiger partial charge in [-0.2, -0.15) is 5.10 Å². The Morgan fingerprint density at radius 1 is 1.41 bits per heavy atom. The topological polar surface area (TPSA) is 70.1 Å². The minimum atomic E-state index is -0.212. The van der Waals surface area contributed by atoms with Gasteiger partial charge in [0.05, 0.1) is 12.1 Å². The quantitative estimate of drug-likeness (QED) is 0.799. The third kappa shape index (κ3) is 1.91. The van der Waals surface area contributed by atoms with E-state index >= 15 is 0 Å². The number of aromatic nitrogens is 2. The maximum Gasteiger partial charge on any atom is 0.278 e. The molecule has 0 aliphatic carbocycles. The Hall–Kier alpha value is -1.82. The molecule has 86 valence electrons. The second-order valence-corrected chi connectivity index (χ2v) is 4.69. The van der Waals surface area contributed by atoms with E-state index in [1.165, 1.54) is 0 Å². The first kappa shape index (κ1) is 10.3. The fourth-order valence-corrected chi connectivity index (χ4v) is 2.43. The molecule has 1 aromatic heterocycles. The van der Waals surface area contributed by atoms with Crippen LogP contribution >= 0.6 is 11.8 Å². The van der Waals surface area contributed by atoms with Gasteiger partial charge in [0.15, 0.2) is 10.9 Å². The summed E-state index contributed by atoms with van der Waals surface area (Å²) in [5, 5.41) is 11.1. The Bertz CT molecular complexity index is 604. The number of H-pyrrole nitrogens is 1. The number of para-hydroxylation sites is 1. The van der Waals surface area contributed by atoms with Crippen molar-refractivity contribution in [3.05, 3.63) is 30.0 Å². The van der Waals surface area contributed by atoms with Crippen LogP contribution in [0.1, 0.15) is 10.5 Å². The van der Waals surface area contributed by atoms with Gasteiger partial charge in [0.1, 0.15) is 0 Å². The molecule has 0 spiro atoms. The van der Waals surface area contributed by atoms with E-state index in [1.54, 1.807) is 11.8 Å². The van der Waals surface area contributed by atoms with Crippen LogP contribution in [-0.4, -0.2) is 33.6 Å². The Kier molecular flexibility index (Phi) is 2.56. The molecule has 1 aliphatic heterocycles. The van der Waals surface area contributed by atoms with Gasteiger partial charge in [-0.15, -0.1) is 0 Å². The van der Waals surface area contributed by atoms with E-state index in [4.69, 9.17) is 0 Å². The molecule has 0 atom stereocenters. The smallest absolute Gasteiger partial charge is 0.278 e. The highest BCUT2D eigenvalue weighted by atomic mass is 32.2. The summed E-state index contributed by atoms with van der Waals surface area (Å²) in [6.45, 7) is 0.765. The highest BCUT2D eigenvalue weighted by Gasteiger charge is 2.17. The van der Waals surface area contributed by atoms with Crippen LogP contribution in [-0.2, 0) is 0 Å². The van der Waals surface area contributed by atoms with Crippen LogP contribution in [0.3, 0.4) is 0 Å². The SMILES string of the molecule is O=C(NC1=NCCS1)c1n[nH]c2ccccc12. The van der Waals surface area contributed by atoms with Crippen molar-refractivity contribution >= 4 is 33.7 Å². The number of amides is 1. The molecule has 2 heterocycles. The van der Waals surface area contributed by atoms with E-state index in [1.807, 2.05) is 24.3 Å². The number of fused-ring (bicyclic) bond motifs is 1. The zero-order valence-electron chi connectivity index (χ0n) is 8.93. The van der Waals surface area contributed by atoms with Crippen LogP contribution in [0.15, 0.2) is 29.3 Å². The molecule has 0 saturated carbocycles. The number of aromatic amines is 1. The molecule has 3 rings (SSSR count). The summed E-state index contributed by atoms with van der Waals surface area (Å²) >= 11 is 1.55.